The topological polar surface area (TPSA) is 90.3 Å². The molecule has 0 saturated heterocycles. The quantitative estimate of drug-likeness (QED) is 0.815. The highest BCUT2D eigenvalue weighted by atomic mass is 16.4. The second-order valence-electron chi connectivity index (χ2n) is 4.38. The predicted octanol–water partition coefficient (Wildman–Crippen LogP) is 0.368. The molecule has 0 radical (unpaired) electrons. The summed E-state index contributed by atoms with van der Waals surface area (Å²) in [7, 11) is 0. The van der Waals surface area contributed by atoms with Crippen molar-refractivity contribution in [1.29, 1.82) is 0 Å². The fraction of sp³-hybridized carbons (Fsp3) is 0.385. The van der Waals surface area contributed by atoms with Crippen LogP contribution >= 0.6 is 0 Å². The first-order chi connectivity index (χ1) is 9.11. The van der Waals surface area contributed by atoms with E-state index in [1.54, 1.807) is 0 Å². The molecule has 1 aromatic carbocycles. The van der Waals surface area contributed by atoms with Crippen LogP contribution in [-0.4, -0.2) is 23.6 Å². The van der Waals surface area contributed by atoms with Gasteiger partial charge in [0.15, 0.2) is 5.58 Å². The molecule has 3 N–H and O–H groups in total. The van der Waals surface area contributed by atoms with Gasteiger partial charge in [0.25, 0.3) is 0 Å². The van der Waals surface area contributed by atoms with Gasteiger partial charge in [-0.25, -0.2) is 4.79 Å². The fourth-order valence-corrected chi connectivity index (χ4v) is 1.90. The maximum atomic E-state index is 11.7. The van der Waals surface area contributed by atoms with Gasteiger partial charge in [0, 0.05) is 26.1 Å². The molecule has 19 heavy (non-hydrogen) atoms. The predicted molar refractivity (Wildman–Crippen MR) is 71.9 cm³/mol. The smallest absolute Gasteiger partial charge is 0.408 e. The summed E-state index contributed by atoms with van der Waals surface area (Å²) in [4.78, 5) is 23.2. The van der Waals surface area contributed by atoms with E-state index in [-0.39, 0.29) is 12.3 Å². The molecule has 1 aromatic heterocycles. The van der Waals surface area contributed by atoms with E-state index in [9.17, 15) is 9.59 Å². The van der Waals surface area contributed by atoms with E-state index < -0.39 is 5.76 Å². The van der Waals surface area contributed by atoms with Gasteiger partial charge in [-0.1, -0.05) is 6.07 Å². The number of nitrogens with two attached hydrogens (primary N) is 1. The van der Waals surface area contributed by atoms with Crippen LogP contribution in [0.1, 0.15) is 12.0 Å². The van der Waals surface area contributed by atoms with Gasteiger partial charge in [0.05, 0.1) is 5.52 Å². The molecule has 0 aliphatic carbocycles. The van der Waals surface area contributed by atoms with Crippen molar-refractivity contribution in [3.8, 4) is 0 Å². The largest absolute Gasteiger partial charge is 0.419 e. The number of nitrogens with one attached hydrogen (secondary N) is 1. The van der Waals surface area contributed by atoms with E-state index in [0.717, 1.165) is 5.56 Å². The number of hydrogen-bond acceptors (Lipinski definition) is 4. The molecule has 0 fully saturated rings. The van der Waals surface area contributed by atoms with Crippen LogP contribution in [0.3, 0.4) is 0 Å². The van der Waals surface area contributed by atoms with Gasteiger partial charge >= 0.3 is 5.76 Å². The van der Waals surface area contributed by atoms with Gasteiger partial charge in [0.1, 0.15) is 0 Å². The van der Waals surface area contributed by atoms with Gasteiger partial charge in [-0.05, 0) is 24.6 Å². The first-order valence-electron chi connectivity index (χ1n) is 6.18. The number of hydrogen-bond donors (Lipinski definition) is 2. The minimum absolute atomic E-state index is 0.126. The van der Waals surface area contributed by atoms with Crippen LogP contribution in [0, 0.1) is 6.92 Å². The average Bonchev–Trinajstić information content (AvgIpc) is 2.68. The fourth-order valence-electron chi connectivity index (χ4n) is 1.90. The minimum Gasteiger partial charge on any atom is -0.408 e. The zero-order valence-corrected chi connectivity index (χ0v) is 10.8. The number of carbonyl (C=O) groups excluding carboxylic acids is 1. The van der Waals surface area contributed by atoms with Gasteiger partial charge in [-0.3, -0.25) is 9.36 Å². The molecule has 6 heteroatoms. The second-order valence-corrected chi connectivity index (χ2v) is 4.38. The highest BCUT2D eigenvalue weighted by Gasteiger charge is 2.10. The lowest BCUT2D eigenvalue weighted by molar-refractivity contribution is -0.121. The summed E-state index contributed by atoms with van der Waals surface area (Å²) in [6, 6.07) is 5.54. The molecule has 0 saturated carbocycles. The van der Waals surface area contributed by atoms with Crippen molar-refractivity contribution in [3.63, 3.8) is 0 Å². The summed E-state index contributed by atoms with van der Waals surface area (Å²) in [6.07, 6.45) is 0.225. The van der Waals surface area contributed by atoms with Crippen molar-refractivity contribution in [2.24, 2.45) is 5.73 Å². The Labute approximate surface area is 110 Å². The Hall–Kier alpha value is -2.08. The van der Waals surface area contributed by atoms with Crippen LogP contribution in [-0.2, 0) is 11.3 Å². The van der Waals surface area contributed by atoms with Crippen molar-refractivity contribution in [2.45, 2.75) is 19.9 Å². The Morgan fingerprint density at radius 2 is 2.26 bits per heavy atom. The van der Waals surface area contributed by atoms with Crippen LogP contribution in [0.2, 0.25) is 0 Å². The maximum Gasteiger partial charge on any atom is 0.419 e. The monoisotopic (exact) mass is 263 g/mol. The zero-order chi connectivity index (χ0) is 13.8. The van der Waals surface area contributed by atoms with Gasteiger partial charge in [0.2, 0.25) is 5.91 Å². The normalized spacial score (nSPS) is 10.8. The molecule has 1 amide bonds. The maximum absolute atomic E-state index is 11.7. The number of fused-ring (bicyclic) bond motifs is 1. The number of benzene rings is 1. The number of amides is 1. The summed E-state index contributed by atoms with van der Waals surface area (Å²) in [6.45, 7) is 3.07. The Morgan fingerprint density at radius 3 is 3.00 bits per heavy atom. The molecular weight excluding hydrogens is 246 g/mol. The van der Waals surface area contributed by atoms with E-state index >= 15 is 0 Å². The second kappa shape index (κ2) is 5.71. The number of nitrogens with zero attached hydrogens (tertiary/aromatic N) is 1. The lowest BCUT2D eigenvalue weighted by Gasteiger charge is -2.04. The Morgan fingerprint density at radius 1 is 1.47 bits per heavy atom. The average molecular weight is 263 g/mol. The zero-order valence-electron chi connectivity index (χ0n) is 10.8. The van der Waals surface area contributed by atoms with Crippen LogP contribution in [0.15, 0.2) is 27.4 Å². The van der Waals surface area contributed by atoms with E-state index in [1.165, 1.54) is 4.57 Å². The summed E-state index contributed by atoms with van der Waals surface area (Å²) in [5, 5.41) is 2.66. The van der Waals surface area contributed by atoms with Crippen LogP contribution in [0.4, 0.5) is 0 Å². The SMILES string of the molecule is Cc1ccc2c(c1)oc(=O)n2CCC(=O)NCCN. The summed E-state index contributed by atoms with van der Waals surface area (Å²) in [5.41, 5.74) is 7.58. The van der Waals surface area contributed by atoms with E-state index in [4.69, 9.17) is 10.2 Å². The Balaban J connectivity index is 2.14. The third-order valence-corrected chi connectivity index (χ3v) is 2.85. The van der Waals surface area contributed by atoms with Crippen LogP contribution in [0.5, 0.6) is 0 Å². The molecule has 2 aromatic rings. The molecule has 0 spiro atoms. The molecule has 0 aliphatic heterocycles. The molecule has 1 heterocycles. The van der Waals surface area contributed by atoms with Crippen molar-refractivity contribution in [2.75, 3.05) is 13.1 Å². The van der Waals surface area contributed by atoms with E-state index in [0.29, 0.717) is 30.7 Å². The van der Waals surface area contributed by atoms with Crippen molar-refractivity contribution in [1.82, 2.24) is 9.88 Å². The number of aromatic nitrogens is 1. The van der Waals surface area contributed by atoms with Gasteiger partial charge < -0.3 is 15.5 Å². The highest BCUT2D eigenvalue weighted by Crippen LogP contribution is 2.14. The molecule has 2 rings (SSSR count). The van der Waals surface area contributed by atoms with Gasteiger partial charge in [-0.15, -0.1) is 0 Å². The summed E-state index contributed by atoms with van der Waals surface area (Å²) >= 11 is 0. The lowest BCUT2D eigenvalue weighted by Crippen LogP contribution is -2.30. The molecular formula is C13H17N3O3. The molecule has 6 nitrogen and oxygen atoms in total. The minimum atomic E-state index is -0.438. The molecule has 0 unspecified atom stereocenters. The van der Waals surface area contributed by atoms with Crippen LogP contribution < -0.4 is 16.8 Å². The molecule has 0 aliphatic rings. The van der Waals surface area contributed by atoms with E-state index in [1.807, 2.05) is 25.1 Å². The van der Waals surface area contributed by atoms with E-state index in [2.05, 4.69) is 5.32 Å². The molecule has 0 bridgehead atoms. The summed E-state index contributed by atoms with van der Waals surface area (Å²) < 4.78 is 6.62. The first-order valence-corrected chi connectivity index (χ1v) is 6.18. The molecule has 102 valence electrons. The third-order valence-electron chi connectivity index (χ3n) is 2.85. The van der Waals surface area contributed by atoms with Gasteiger partial charge in [-0.2, -0.15) is 0 Å². The number of carbonyl (C=O) groups is 1. The number of rotatable bonds is 5. The standard InChI is InChI=1S/C13H17N3O3/c1-9-2-3-10-11(8-9)19-13(18)16(10)7-4-12(17)15-6-5-14/h2-3,8H,4-7,14H2,1H3,(H,15,17). The lowest BCUT2D eigenvalue weighted by atomic mass is 10.2. The molecule has 0 atom stereocenters. The highest BCUT2D eigenvalue weighted by molar-refractivity contribution is 5.77. The first kappa shape index (κ1) is 13.4. The van der Waals surface area contributed by atoms with Crippen molar-refractivity contribution >= 4 is 17.0 Å². The Bertz CT molecular complexity index is 642. The number of aryl methyl sites for hydroxylation is 2. The van der Waals surface area contributed by atoms with Crippen molar-refractivity contribution < 1.29 is 9.21 Å². The number of oxazole rings is 1. The Kier molecular flexibility index (Phi) is 4.01. The van der Waals surface area contributed by atoms with Crippen molar-refractivity contribution in [3.05, 3.63) is 34.3 Å². The summed E-state index contributed by atoms with van der Waals surface area (Å²) in [5.74, 6) is -0.564. The third kappa shape index (κ3) is 3.03. The van der Waals surface area contributed by atoms with Crippen LogP contribution in [0.25, 0.3) is 11.1 Å².